The normalized spacial score (nSPS) is 10.7. The SMILES string of the molecule is Cc1nnc(SCc2ccccc2Br)n1C. The highest BCUT2D eigenvalue weighted by atomic mass is 79.9. The van der Waals surface area contributed by atoms with Gasteiger partial charge in [0.2, 0.25) is 0 Å². The highest BCUT2D eigenvalue weighted by Crippen LogP contribution is 2.25. The largest absolute Gasteiger partial charge is 0.309 e. The Morgan fingerprint density at radius 3 is 2.69 bits per heavy atom. The highest BCUT2D eigenvalue weighted by molar-refractivity contribution is 9.10. The van der Waals surface area contributed by atoms with Crippen LogP contribution in [0.4, 0.5) is 0 Å². The molecule has 5 heteroatoms. The van der Waals surface area contributed by atoms with Crippen molar-refractivity contribution in [3.8, 4) is 0 Å². The molecule has 0 spiro atoms. The third-order valence-corrected chi connectivity index (χ3v) is 4.21. The van der Waals surface area contributed by atoms with Crippen molar-refractivity contribution >= 4 is 27.7 Å². The summed E-state index contributed by atoms with van der Waals surface area (Å²) in [4.78, 5) is 0. The maximum absolute atomic E-state index is 4.12. The molecule has 0 aliphatic rings. The highest BCUT2D eigenvalue weighted by Gasteiger charge is 2.06. The zero-order valence-corrected chi connectivity index (χ0v) is 11.5. The van der Waals surface area contributed by atoms with Crippen LogP contribution in [-0.2, 0) is 12.8 Å². The van der Waals surface area contributed by atoms with Crippen molar-refractivity contribution in [3.63, 3.8) is 0 Å². The fraction of sp³-hybridized carbons (Fsp3) is 0.273. The van der Waals surface area contributed by atoms with Gasteiger partial charge in [0.25, 0.3) is 0 Å². The van der Waals surface area contributed by atoms with Crippen LogP contribution >= 0.6 is 27.7 Å². The molecule has 2 aromatic rings. The fourth-order valence-electron chi connectivity index (χ4n) is 1.27. The summed E-state index contributed by atoms with van der Waals surface area (Å²) in [5.41, 5.74) is 1.27. The first-order valence-electron chi connectivity index (χ1n) is 4.90. The van der Waals surface area contributed by atoms with Crippen molar-refractivity contribution < 1.29 is 0 Å². The van der Waals surface area contributed by atoms with E-state index in [9.17, 15) is 0 Å². The molecule has 0 bridgehead atoms. The van der Waals surface area contributed by atoms with Gasteiger partial charge in [-0.15, -0.1) is 10.2 Å². The first-order chi connectivity index (χ1) is 7.68. The Morgan fingerprint density at radius 2 is 2.06 bits per heavy atom. The predicted molar refractivity (Wildman–Crippen MR) is 69.4 cm³/mol. The van der Waals surface area contributed by atoms with Crippen LogP contribution < -0.4 is 0 Å². The van der Waals surface area contributed by atoms with E-state index in [2.05, 4.69) is 38.3 Å². The van der Waals surface area contributed by atoms with Gasteiger partial charge >= 0.3 is 0 Å². The average Bonchev–Trinajstić information content (AvgIpc) is 2.59. The number of benzene rings is 1. The van der Waals surface area contributed by atoms with Gasteiger partial charge in [0.15, 0.2) is 5.16 Å². The van der Waals surface area contributed by atoms with Gasteiger partial charge in [0.05, 0.1) is 0 Å². The molecule has 0 N–H and O–H groups in total. The van der Waals surface area contributed by atoms with Crippen molar-refractivity contribution in [1.82, 2.24) is 14.8 Å². The zero-order chi connectivity index (χ0) is 11.5. The van der Waals surface area contributed by atoms with E-state index < -0.39 is 0 Å². The molecule has 0 saturated heterocycles. The summed E-state index contributed by atoms with van der Waals surface area (Å²) in [5.74, 6) is 1.84. The molecule has 1 heterocycles. The molecule has 2 rings (SSSR count). The molecule has 84 valence electrons. The second-order valence-corrected chi connectivity index (χ2v) is 5.27. The van der Waals surface area contributed by atoms with E-state index in [-0.39, 0.29) is 0 Å². The number of nitrogens with zero attached hydrogens (tertiary/aromatic N) is 3. The second-order valence-electron chi connectivity index (χ2n) is 3.47. The van der Waals surface area contributed by atoms with Gasteiger partial charge in [-0.1, -0.05) is 45.9 Å². The Bertz CT molecular complexity index is 496. The van der Waals surface area contributed by atoms with Crippen molar-refractivity contribution in [3.05, 3.63) is 40.1 Å². The smallest absolute Gasteiger partial charge is 0.191 e. The van der Waals surface area contributed by atoms with Gasteiger partial charge in [-0.05, 0) is 18.6 Å². The molecule has 0 aliphatic heterocycles. The van der Waals surface area contributed by atoms with Gasteiger partial charge in [-0.3, -0.25) is 0 Å². The third-order valence-electron chi connectivity index (χ3n) is 2.37. The van der Waals surface area contributed by atoms with Crippen molar-refractivity contribution in [2.45, 2.75) is 17.8 Å². The van der Waals surface area contributed by atoms with Gasteiger partial charge in [-0.2, -0.15) is 0 Å². The maximum Gasteiger partial charge on any atom is 0.191 e. The molecule has 0 aliphatic carbocycles. The minimum atomic E-state index is 0.896. The molecule has 1 aromatic carbocycles. The van der Waals surface area contributed by atoms with E-state index in [1.807, 2.05) is 30.7 Å². The Balaban J connectivity index is 2.08. The van der Waals surface area contributed by atoms with Crippen LogP contribution in [-0.4, -0.2) is 14.8 Å². The monoisotopic (exact) mass is 297 g/mol. The predicted octanol–water partition coefficient (Wildman–Crippen LogP) is 3.18. The summed E-state index contributed by atoms with van der Waals surface area (Å²) >= 11 is 5.23. The number of halogens is 1. The van der Waals surface area contributed by atoms with Crippen molar-refractivity contribution in [2.24, 2.45) is 7.05 Å². The van der Waals surface area contributed by atoms with Crippen LogP contribution in [0.1, 0.15) is 11.4 Å². The third kappa shape index (κ3) is 2.47. The lowest BCUT2D eigenvalue weighted by Crippen LogP contribution is -1.94. The summed E-state index contributed by atoms with van der Waals surface area (Å²) in [6.45, 7) is 1.95. The van der Waals surface area contributed by atoms with Gasteiger partial charge in [0.1, 0.15) is 5.82 Å². The van der Waals surface area contributed by atoms with Crippen LogP contribution in [0.2, 0.25) is 0 Å². The molecular formula is C11H12BrN3S. The number of thioether (sulfide) groups is 1. The first-order valence-corrected chi connectivity index (χ1v) is 6.68. The molecule has 0 atom stereocenters. The molecule has 16 heavy (non-hydrogen) atoms. The quantitative estimate of drug-likeness (QED) is 0.815. The van der Waals surface area contributed by atoms with E-state index in [0.29, 0.717) is 0 Å². The van der Waals surface area contributed by atoms with Crippen molar-refractivity contribution in [2.75, 3.05) is 0 Å². The second kappa shape index (κ2) is 5.01. The van der Waals surface area contributed by atoms with Crippen LogP contribution in [0.25, 0.3) is 0 Å². The lowest BCUT2D eigenvalue weighted by atomic mass is 10.2. The lowest BCUT2D eigenvalue weighted by molar-refractivity contribution is 0.765. The Labute approximate surface area is 107 Å². The van der Waals surface area contributed by atoms with Crippen LogP contribution in [0.15, 0.2) is 33.9 Å². The Hall–Kier alpha value is -0.810. The zero-order valence-electron chi connectivity index (χ0n) is 9.14. The van der Waals surface area contributed by atoms with E-state index in [1.54, 1.807) is 11.8 Å². The minimum absolute atomic E-state index is 0.896. The molecule has 0 amide bonds. The summed E-state index contributed by atoms with van der Waals surface area (Å²) in [5, 5.41) is 9.10. The molecule has 3 nitrogen and oxygen atoms in total. The standard InChI is InChI=1S/C11H12BrN3S/c1-8-13-14-11(15(8)2)16-7-9-5-3-4-6-10(9)12/h3-6H,7H2,1-2H3. The number of hydrogen-bond acceptors (Lipinski definition) is 3. The van der Waals surface area contributed by atoms with E-state index in [0.717, 1.165) is 21.2 Å². The number of rotatable bonds is 3. The minimum Gasteiger partial charge on any atom is -0.309 e. The summed E-state index contributed by atoms with van der Waals surface area (Å²) in [6.07, 6.45) is 0. The van der Waals surface area contributed by atoms with Crippen LogP contribution in [0.3, 0.4) is 0 Å². The van der Waals surface area contributed by atoms with Gasteiger partial charge in [0, 0.05) is 17.3 Å². The number of aryl methyl sites for hydroxylation is 1. The lowest BCUT2D eigenvalue weighted by Gasteiger charge is -2.03. The van der Waals surface area contributed by atoms with Gasteiger partial charge < -0.3 is 4.57 Å². The topological polar surface area (TPSA) is 30.7 Å². The molecular weight excluding hydrogens is 286 g/mol. The first kappa shape index (κ1) is 11.7. The molecule has 0 saturated carbocycles. The summed E-state index contributed by atoms with van der Waals surface area (Å²) in [7, 11) is 1.98. The summed E-state index contributed by atoms with van der Waals surface area (Å²) in [6, 6.07) is 8.23. The maximum atomic E-state index is 4.12. The molecule has 0 unspecified atom stereocenters. The Morgan fingerprint density at radius 1 is 1.31 bits per heavy atom. The van der Waals surface area contributed by atoms with Crippen LogP contribution in [0, 0.1) is 6.92 Å². The van der Waals surface area contributed by atoms with Crippen molar-refractivity contribution in [1.29, 1.82) is 0 Å². The Kier molecular flexibility index (Phi) is 3.66. The van der Waals surface area contributed by atoms with Gasteiger partial charge in [-0.25, -0.2) is 0 Å². The van der Waals surface area contributed by atoms with E-state index >= 15 is 0 Å². The van der Waals surface area contributed by atoms with E-state index in [4.69, 9.17) is 0 Å². The summed E-state index contributed by atoms with van der Waals surface area (Å²) < 4.78 is 3.14. The van der Waals surface area contributed by atoms with E-state index in [1.165, 1.54) is 5.56 Å². The fourth-order valence-corrected chi connectivity index (χ4v) is 2.84. The molecule has 0 radical (unpaired) electrons. The molecule has 0 fully saturated rings. The number of aromatic nitrogens is 3. The number of hydrogen-bond donors (Lipinski definition) is 0. The average molecular weight is 298 g/mol. The molecule has 1 aromatic heterocycles. The van der Waals surface area contributed by atoms with Crippen LogP contribution in [0.5, 0.6) is 0 Å².